The summed E-state index contributed by atoms with van der Waals surface area (Å²) in [5, 5.41) is 0. The normalized spacial score (nSPS) is 19.6. The van der Waals surface area contributed by atoms with Gasteiger partial charge in [-0.15, -0.1) is 0 Å². The Hall–Kier alpha value is -2.04. The predicted octanol–water partition coefficient (Wildman–Crippen LogP) is 3.92. The van der Waals surface area contributed by atoms with E-state index in [0.717, 1.165) is 36.8 Å². The van der Waals surface area contributed by atoms with Crippen LogP contribution in [0.5, 0.6) is 11.5 Å². The molecule has 4 nitrogen and oxygen atoms in total. The maximum atomic E-state index is 6.36. The molecule has 2 aromatic carbocycles. The van der Waals surface area contributed by atoms with Crippen molar-refractivity contribution in [1.82, 2.24) is 4.90 Å². The SMILES string of the molecule is COc1ccc(OC(c2ccccc2)C2CN(C(C)C)CCO2)cc1. The molecular formula is C21H27NO3. The third-order valence-electron chi connectivity index (χ3n) is 4.64. The zero-order valence-electron chi connectivity index (χ0n) is 15.2. The second kappa shape index (κ2) is 8.37. The van der Waals surface area contributed by atoms with Crippen molar-refractivity contribution in [1.29, 1.82) is 0 Å². The molecular weight excluding hydrogens is 314 g/mol. The Morgan fingerprint density at radius 1 is 1.00 bits per heavy atom. The van der Waals surface area contributed by atoms with Crippen LogP contribution < -0.4 is 9.47 Å². The van der Waals surface area contributed by atoms with Crippen molar-refractivity contribution in [3.8, 4) is 11.5 Å². The molecule has 1 aliphatic heterocycles. The largest absolute Gasteiger partial charge is 0.497 e. The molecule has 1 aliphatic rings. The summed E-state index contributed by atoms with van der Waals surface area (Å²) in [5.41, 5.74) is 1.13. The summed E-state index contributed by atoms with van der Waals surface area (Å²) < 4.78 is 17.7. The number of methoxy groups -OCH3 is 1. The topological polar surface area (TPSA) is 30.9 Å². The quantitative estimate of drug-likeness (QED) is 0.797. The summed E-state index contributed by atoms with van der Waals surface area (Å²) in [6.07, 6.45) is -0.142. The van der Waals surface area contributed by atoms with Crippen molar-refractivity contribution < 1.29 is 14.2 Å². The van der Waals surface area contributed by atoms with Crippen molar-refractivity contribution in [3.05, 3.63) is 60.2 Å². The minimum absolute atomic E-state index is 0.000603. The fourth-order valence-electron chi connectivity index (χ4n) is 3.15. The smallest absolute Gasteiger partial charge is 0.151 e. The average Bonchev–Trinajstić information content (AvgIpc) is 2.67. The second-order valence-electron chi connectivity index (χ2n) is 6.62. The number of rotatable bonds is 6. The molecule has 1 saturated heterocycles. The van der Waals surface area contributed by atoms with Crippen LogP contribution in [0.15, 0.2) is 54.6 Å². The van der Waals surface area contributed by atoms with Gasteiger partial charge in [0.15, 0.2) is 6.10 Å². The molecule has 0 spiro atoms. The van der Waals surface area contributed by atoms with Crippen LogP contribution in [-0.4, -0.2) is 43.9 Å². The van der Waals surface area contributed by atoms with E-state index in [1.165, 1.54) is 0 Å². The lowest BCUT2D eigenvalue weighted by atomic mass is 10.0. The summed E-state index contributed by atoms with van der Waals surface area (Å²) in [7, 11) is 1.67. The molecule has 0 radical (unpaired) electrons. The van der Waals surface area contributed by atoms with E-state index in [2.05, 4.69) is 30.9 Å². The molecule has 0 aliphatic carbocycles. The highest BCUT2D eigenvalue weighted by molar-refractivity contribution is 5.32. The van der Waals surface area contributed by atoms with Crippen molar-refractivity contribution in [2.75, 3.05) is 26.8 Å². The van der Waals surface area contributed by atoms with Gasteiger partial charge in [-0.1, -0.05) is 30.3 Å². The van der Waals surface area contributed by atoms with Crippen LogP contribution >= 0.6 is 0 Å². The summed E-state index contributed by atoms with van der Waals surface area (Å²) in [6, 6.07) is 18.5. The van der Waals surface area contributed by atoms with Crippen molar-refractivity contribution in [2.45, 2.75) is 32.1 Å². The molecule has 1 heterocycles. The van der Waals surface area contributed by atoms with Crippen LogP contribution in [0.4, 0.5) is 0 Å². The van der Waals surface area contributed by atoms with E-state index >= 15 is 0 Å². The molecule has 25 heavy (non-hydrogen) atoms. The Morgan fingerprint density at radius 2 is 1.68 bits per heavy atom. The summed E-state index contributed by atoms with van der Waals surface area (Å²) >= 11 is 0. The van der Waals surface area contributed by atoms with Gasteiger partial charge in [0.25, 0.3) is 0 Å². The van der Waals surface area contributed by atoms with E-state index in [1.54, 1.807) is 7.11 Å². The van der Waals surface area contributed by atoms with Gasteiger partial charge in [-0.2, -0.15) is 0 Å². The van der Waals surface area contributed by atoms with Crippen LogP contribution in [0, 0.1) is 0 Å². The minimum Gasteiger partial charge on any atom is -0.497 e. The van der Waals surface area contributed by atoms with Gasteiger partial charge in [0.2, 0.25) is 0 Å². The van der Waals surface area contributed by atoms with Crippen LogP contribution in [0.3, 0.4) is 0 Å². The second-order valence-corrected chi connectivity index (χ2v) is 6.62. The minimum atomic E-state index is -0.142. The highest BCUT2D eigenvalue weighted by Crippen LogP contribution is 2.30. The van der Waals surface area contributed by atoms with Crippen molar-refractivity contribution in [3.63, 3.8) is 0 Å². The number of hydrogen-bond donors (Lipinski definition) is 0. The summed E-state index contributed by atoms with van der Waals surface area (Å²) in [6.45, 7) is 7.03. The first-order valence-corrected chi connectivity index (χ1v) is 8.88. The first kappa shape index (κ1) is 17.8. The number of benzene rings is 2. The molecule has 0 amide bonds. The molecule has 1 fully saturated rings. The van der Waals surface area contributed by atoms with Gasteiger partial charge in [0, 0.05) is 19.1 Å². The molecule has 2 unspecified atom stereocenters. The van der Waals surface area contributed by atoms with Gasteiger partial charge < -0.3 is 14.2 Å². The summed E-state index contributed by atoms with van der Waals surface area (Å²) in [4.78, 5) is 2.45. The Morgan fingerprint density at radius 3 is 2.32 bits per heavy atom. The van der Waals surface area contributed by atoms with Gasteiger partial charge in [0.1, 0.15) is 17.6 Å². The molecule has 134 valence electrons. The molecule has 3 rings (SSSR count). The lowest BCUT2D eigenvalue weighted by Gasteiger charge is -2.39. The van der Waals surface area contributed by atoms with Crippen LogP contribution in [0.2, 0.25) is 0 Å². The van der Waals surface area contributed by atoms with E-state index in [1.807, 2.05) is 42.5 Å². The third-order valence-corrected chi connectivity index (χ3v) is 4.64. The van der Waals surface area contributed by atoms with Crippen LogP contribution in [-0.2, 0) is 4.74 Å². The van der Waals surface area contributed by atoms with Gasteiger partial charge in [0.05, 0.1) is 13.7 Å². The van der Waals surface area contributed by atoms with Gasteiger partial charge in [-0.05, 0) is 43.7 Å². The van der Waals surface area contributed by atoms with E-state index in [4.69, 9.17) is 14.2 Å². The lowest BCUT2D eigenvalue weighted by Crippen LogP contribution is -2.48. The first-order valence-electron chi connectivity index (χ1n) is 8.88. The first-order chi connectivity index (χ1) is 12.2. The van der Waals surface area contributed by atoms with Crippen molar-refractivity contribution in [2.24, 2.45) is 0 Å². The lowest BCUT2D eigenvalue weighted by molar-refractivity contribution is -0.0885. The molecule has 0 N–H and O–H groups in total. The van der Waals surface area contributed by atoms with Crippen LogP contribution in [0.1, 0.15) is 25.5 Å². The number of nitrogens with zero attached hydrogens (tertiary/aromatic N) is 1. The fourth-order valence-corrected chi connectivity index (χ4v) is 3.15. The maximum Gasteiger partial charge on any atom is 0.151 e. The highest BCUT2D eigenvalue weighted by atomic mass is 16.5. The van der Waals surface area contributed by atoms with Gasteiger partial charge >= 0.3 is 0 Å². The molecule has 2 aromatic rings. The van der Waals surface area contributed by atoms with E-state index in [-0.39, 0.29) is 12.2 Å². The number of morpholine rings is 1. The Balaban J connectivity index is 1.82. The third kappa shape index (κ3) is 4.53. The van der Waals surface area contributed by atoms with Crippen LogP contribution in [0.25, 0.3) is 0 Å². The Labute approximate surface area is 150 Å². The average molecular weight is 341 g/mol. The Bertz CT molecular complexity index is 642. The molecule has 2 atom stereocenters. The monoisotopic (exact) mass is 341 g/mol. The molecule has 4 heteroatoms. The highest BCUT2D eigenvalue weighted by Gasteiger charge is 2.31. The predicted molar refractivity (Wildman–Crippen MR) is 99.3 cm³/mol. The fraction of sp³-hybridized carbons (Fsp3) is 0.429. The number of ether oxygens (including phenoxy) is 3. The zero-order valence-corrected chi connectivity index (χ0v) is 15.2. The number of hydrogen-bond acceptors (Lipinski definition) is 4. The Kier molecular flexibility index (Phi) is 5.95. The van der Waals surface area contributed by atoms with E-state index in [0.29, 0.717) is 6.04 Å². The standard InChI is InChI=1S/C21H27NO3/c1-16(2)22-13-14-24-20(15-22)21(17-7-5-4-6-8-17)25-19-11-9-18(23-3)10-12-19/h4-12,16,20-21H,13-15H2,1-3H3. The van der Waals surface area contributed by atoms with Crippen molar-refractivity contribution >= 4 is 0 Å². The molecule has 0 saturated carbocycles. The molecule has 0 aromatic heterocycles. The zero-order chi connectivity index (χ0) is 17.6. The van der Waals surface area contributed by atoms with E-state index < -0.39 is 0 Å². The summed E-state index contributed by atoms with van der Waals surface area (Å²) in [5.74, 6) is 1.64. The maximum absolute atomic E-state index is 6.36. The molecule has 0 bridgehead atoms. The van der Waals surface area contributed by atoms with Gasteiger partial charge in [-0.3, -0.25) is 4.90 Å². The van der Waals surface area contributed by atoms with E-state index in [9.17, 15) is 0 Å². The van der Waals surface area contributed by atoms with Gasteiger partial charge in [-0.25, -0.2) is 0 Å².